The number of carboxylic acids is 1. The fourth-order valence-corrected chi connectivity index (χ4v) is 7.37. The average molecular weight is 643 g/mol. The molecule has 44 heavy (non-hydrogen) atoms. The van der Waals surface area contributed by atoms with Gasteiger partial charge in [0.25, 0.3) is 15.7 Å². The van der Waals surface area contributed by atoms with Gasteiger partial charge >= 0.3 is 11.5 Å². The van der Waals surface area contributed by atoms with E-state index in [9.17, 15) is 45.5 Å². The second-order valence-corrected chi connectivity index (χ2v) is 13.8. The highest BCUT2D eigenvalue weighted by Gasteiger charge is 2.52. The van der Waals surface area contributed by atoms with Gasteiger partial charge in [-0.15, -0.1) is 0 Å². The van der Waals surface area contributed by atoms with E-state index in [1.165, 1.54) is 13.2 Å². The second kappa shape index (κ2) is 11.2. The van der Waals surface area contributed by atoms with Crippen LogP contribution in [0.2, 0.25) is 0 Å². The number of sulfone groups is 1. The standard InChI is InChI=1S/C29H30F4N2O8S/c1-28(27(38)39)12-17(13-28)43-22-10-19(21(42-2)11-20(22)30)25(36)35-24-15-7-6-14(8-15)23(24)26(37)34-16-4-3-5-18(9-16)44(40,41)29(31,32)33/h3-5,9-11,14-15,17,23-24H,6-8,12-13H2,1-2H3,(H,34,37)(H,35,36)(H,38,39)/t14-,15+,17-,23-,24+,28+/m0/s1. The van der Waals surface area contributed by atoms with Gasteiger partial charge in [0.2, 0.25) is 5.91 Å². The zero-order chi connectivity index (χ0) is 32.2. The smallest absolute Gasteiger partial charge is 0.496 e. The number of hydrogen-bond donors (Lipinski definition) is 3. The fraction of sp³-hybridized carbons (Fsp3) is 0.483. The molecule has 5 rings (SSSR count). The van der Waals surface area contributed by atoms with Crippen LogP contribution in [0.1, 0.15) is 49.4 Å². The Bertz CT molecular complexity index is 1610. The lowest BCUT2D eigenvalue weighted by Crippen LogP contribution is -2.48. The Hall–Kier alpha value is -3.88. The average Bonchev–Trinajstić information content (AvgIpc) is 3.54. The van der Waals surface area contributed by atoms with Crippen molar-refractivity contribution in [2.75, 3.05) is 12.4 Å². The molecule has 0 unspecified atom stereocenters. The molecule has 2 aromatic rings. The van der Waals surface area contributed by atoms with Crippen molar-refractivity contribution in [3.05, 3.63) is 47.8 Å². The number of benzene rings is 2. The molecule has 0 spiro atoms. The molecule has 0 radical (unpaired) electrons. The van der Waals surface area contributed by atoms with Gasteiger partial charge in [-0.1, -0.05) is 6.07 Å². The first-order valence-electron chi connectivity index (χ1n) is 13.8. The molecule has 0 aromatic heterocycles. The maximum absolute atomic E-state index is 14.8. The van der Waals surface area contributed by atoms with Gasteiger partial charge in [-0.2, -0.15) is 13.2 Å². The first-order chi connectivity index (χ1) is 20.5. The third kappa shape index (κ3) is 5.69. The molecule has 238 valence electrons. The van der Waals surface area contributed by atoms with Crippen molar-refractivity contribution in [2.24, 2.45) is 23.2 Å². The van der Waals surface area contributed by atoms with Gasteiger partial charge in [0.15, 0.2) is 11.6 Å². The summed E-state index contributed by atoms with van der Waals surface area (Å²) in [6.45, 7) is 1.56. The van der Waals surface area contributed by atoms with E-state index in [1.54, 1.807) is 6.92 Å². The van der Waals surface area contributed by atoms with Crippen molar-refractivity contribution < 1.29 is 54.9 Å². The molecule has 3 aliphatic rings. The minimum Gasteiger partial charge on any atom is -0.496 e. The number of alkyl halides is 3. The normalized spacial score (nSPS) is 27.7. The van der Waals surface area contributed by atoms with Crippen molar-refractivity contribution in [3.8, 4) is 11.5 Å². The number of carboxylic acid groups (broad SMARTS) is 1. The van der Waals surface area contributed by atoms with Gasteiger partial charge < -0.3 is 25.2 Å². The minimum atomic E-state index is -5.63. The first kappa shape index (κ1) is 31.5. The number of carbonyl (C=O) groups excluding carboxylic acids is 2. The van der Waals surface area contributed by atoms with Crippen LogP contribution in [-0.4, -0.2) is 56.1 Å². The molecule has 3 saturated carbocycles. The Kier molecular flexibility index (Phi) is 8.06. The number of anilines is 1. The summed E-state index contributed by atoms with van der Waals surface area (Å²) < 4.78 is 88.5. The number of fused-ring (bicyclic) bond motifs is 2. The molecule has 2 amide bonds. The van der Waals surface area contributed by atoms with E-state index in [0.717, 1.165) is 36.8 Å². The SMILES string of the molecule is COc1cc(F)c(O[C@H]2C[C@@](C)(C(=O)O)C2)cc1C(=O)N[C@@H]1[C@@H]2CC[C@@H](C2)[C@@H]1C(=O)Nc1cccc(S(=O)(=O)C(F)(F)F)c1. The Balaban J connectivity index is 1.33. The van der Waals surface area contributed by atoms with E-state index in [4.69, 9.17) is 9.47 Å². The summed E-state index contributed by atoms with van der Waals surface area (Å²) in [5.41, 5.74) is -6.72. The van der Waals surface area contributed by atoms with E-state index in [-0.39, 0.29) is 47.4 Å². The summed E-state index contributed by atoms with van der Waals surface area (Å²) in [5, 5.41) is 14.7. The van der Waals surface area contributed by atoms with Crippen LogP contribution in [0.3, 0.4) is 0 Å². The number of aliphatic carboxylic acids is 1. The van der Waals surface area contributed by atoms with Crippen LogP contribution in [-0.2, 0) is 19.4 Å². The zero-order valence-electron chi connectivity index (χ0n) is 23.6. The van der Waals surface area contributed by atoms with Crippen LogP contribution in [0.25, 0.3) is 0 Å². The molecule has 3 aliphatic carbocycles. The number of hydrogen-bond acceptors (Lipinski definition) is 7. The molecule has 3 fully saturated rings. The van der Waals surface area contributed by atoms with Crippen LogP contribution in [0.4, 0.5) is 23.2 Å². The summed E-state index contributed by atoms with van der Waals surface area (Å²) >= 11 is 0. The van der Waals surface area contributed by atoms with Gasteiger partial charge in [-0.25, -0.2) is 12.8 Å². The third-order valence-corrected chi connectivity index (χ3v) is 10.4. The maximum Gasteiger partial charge on any atom is 0.501 e. The topological polar surface area (TPSA) is 148 Å². The summed E-state index contributed by atoms with van der Waals surface area (Å²) in [6, 6.07) is 5.32. The molecular weight excluding hydrogens is 612 g/mol. The van der Waals surface area contributed by atoms with E-state index in [1.807, 2.05) is 0 Å². The first-order valence-corrected chi connectivity index (χ1v) is 15.3. The van der Waals surface area contributed by atoms with Crippen molar-refractivity contribution >= 4 is 33.3 Å². The van der Waals surface area contributed by atoms with Crippen LogP contribution in [0.5, 0.6) is 11.5 Å². The van der Waals surface area contributed by atoms with Gasteiger partial charge in [0, 0.05) is 30.6 Å². The predicted molar refractivity (Wildman–Crippen MR) is 146 cm³/mol. The monoisotopic (exact) mass is 642 g/mol. The molecule has 3 N–H and O–H groups in total. The van der Waals surface area contributed by atoms with Gasteiger partial charge in [0.05, 0.1) is 28.9 Å². The number of halogens is 4. The largest absolute Gasteiger partial charge is 0.501 e. The maximum atomic E-state index is 14.8. The molecule has 4 atom stereocenters. The van der Waals surface area contributed by atoms with Crippen LogP contribution < -0.4 is 20.1 Å². The molecule has 10 nitrogen and oxygen atoms in total. The Morgan fingerprint density at radius 3 is 2.36 bits per heavy atom. The van der Waals surface area contributed by atoms with E-state index >= 15 is 0 Å². The predicted octanol–water partition coefficient (Wildman–Crippen LogP) is 4.54. The van der Waals surface area contributed by atoms with Gasteiger partial charge in [-0.3, -0.25) is 14.4 Å². The van der Waals surface area contributed by atoms with Crippen molar-refractivity contribution in [1.82, 2.24) is 5.32 Å². The van der Waals surface area contributed by atoms with Crippen LogP contribution >= 0.6 is 0 Å². The van der Waals surface area contributed by atoms with E-state index < -0.39 is 67.3 Å². The highest BCUT2D eigenvalue weighted by molar-refractivity contribution is 7.92. The lowest BCUT2D eigenvalue weighted by Gasteiger charge is -2.41. The molecule has 2 aromatic carbocycles. The van der Waals surface area contributed by atoms with Gasteiger partial charge in [-0.05, 0) is 62.3 Å². The highest BCUT2D eigenvalue weighted by Crippen LogP contribution is 2.49. The summed E-state index contributed by atoms with van der Waals surface area (Å²) in [4.78, 5) is 37.3. The van der Waals surface area contributed by atoms with Crippen molar-refractivity contribution in [2.45, 2.75) is 61.6 Å². The molecule has 0 heterocycles. The molecule has 15 heteroatoms. The van der Waals surface area contributed by atoms with E-state index in [2.05, 4.69) is 10.6 Å². The molecule has 2 bridgehead atoms. The molecule has 0 aliphatic heterocycles. The molecule has 0 saturated heterocycles. The summed E-state index contributed by atoms with van der Waals surface area (Å²) in [7, 11) is -4.38. The second-order valence-electron chi connectivity index (χ2n) is 11.8. The number of nitrogens with one attached hydrogen (secondary N) is 2. The lowest BCUT2D eigenvalue weighted by atomic mass is 9.68. The summed E-state index contributed by atoms with van der Waals surface area (Å²) in [6.07, 6.45) is 1.76. The zero-order valence-corrected chi connectivity index (χ0v) is 24.4. The number of methoxy groups -OCH3 is 1. The minimum absolute atomic E-state index is 0.0730. The van der Waals surface area contributed by atoms with Gasteiger partial charge in [0.1, 0.15) is 11.9 Å². The Labute approximate surface area is 250 Å². The number of ether oxygens (including phenoxy) is 2. The van der Waals surface area contributed by atoms with Crippen LogP contribution in [0, 0.1) is 29.0 Å². The number of amides is 2. The Morgan fingerprint density at radius 2 is 1.73 bits per heavy atom. The van der Waals surface area contributed by atoms with E-state index in [0.29, 0.717) is 12.8 Å². The Morgan fingerprint density at radius 1 is 1.05 bits per heavy atom. The van der Waals surface area contributed by atoms with Crippen molar-refractivity contribution in [3.63, 3.8) is 0 Å². The quantitative estimate of drug-likeness (QED) is 0.338. The number of rotatable bonds is 9. The molecular formula is C29H30F4N2O8S. The fourth-order valence-electron chi connectivity index (χ4n) is 6.56. The lowest BCUT2D eigenvalue weighted by molar-refractivity contribution is -0.159. The third-order valence-electron chi connectivity index (χ3n) is 8.90. The van der Waals surface area contributed by atoms with Crippen LogP contribution in [0.15, 0.2) is 41.3 Å². The number of carbonyl (C=O) groups is 3. The highest BCUT2D eigenvalue weighted by atomic mass is 32.2. The summed E-state index contributed by atoms with van der Waals surface area (Å²) in [5.74, 6) is -4.41. The van der Waals surface area contributed by atoms with Crippen molar-refractivity contribution in [1.29, 1.82) is 0 Å².